The molecule has 0 aliphatic rings. The summed E-state index contributed by atoms with van der Waals surface area (Å²) in [6, 6.07) is 0. The summed E-state index contributed by atoms with van der Waals surface area (Å²) in [6.07, 6.45) is 93.5. The predicted molar refractivity (Wildman–Crippen MR) is 358 cm³/mol. The van der Waals surface area contributed by atoms with Crippen molar-refractivity contribution in [1.29, 1.82) is 0 Å². The fraction of sp³-hybridized carbons (Fsp3) is 0.776. The number of unbranched alkanes of at least 4 members (excludes halogenated alkanes) is 40. The smallest absolute Gasteiger partial charge is 0.306 e. The zero-order valence-corrected chi connectivity index (χ0v) is 54.5. The summed E-state index contributed by atoms with van der Waals surface area (Å²) in [5.41, 5.74) is 0. The molecule has 6 heteroatoms. The van der Waals surface area contributed by atoms with E-state index in [4.69, 9.17) is 14.2 Å². The number of allylic oxidation sites excluding steroid dienone is 14. The summed E-state index contributed by atoms with van der Waals surface area (Å²) in [4.78, 5) is 38.3. The third-order valence-corrected chi connectivity index (χ3v) is 15.7. The van der Waals surface area contributed by atoms with Crippen LogP contribution in [0.15, 0.2) is 85.1 Å². The van der Waals surface area contributed by atoms with Crippen molar-refractivity contribution in [3.8, 4) is 0 Å². The summed E-state index contributed by atoms with van der Waals surface area (Å²) in [5.74, 6) is -0.906. The van der Waals surface area contributed by atoms with Crippen molar-refractivity contribution in [1.82, 2.24) is 0 Å². The van der Waals surface area contributed by atoms with Crippen LogP contribution in [0, 0.1) is 0 Å². The molecule has 1 unspecified atom stereocenters. The molecule has 0 spiro atoms. The van der Waals surface area contributed by atoms with Gasteiger partial charge in [0.2, 0.25) is 0 Å². The lowest BCUT2D eigenvalue weighted by atomic mass is 10.0. The van der Waals surface area contributed by atoms with Gasteiger partial charge in [-0.15, -0.1) is 0 Å². The lowest BCUT2D eigenvalue weighted by Crippen LogP contribution is -2.30. The molecular weight excluding hydrogens is 1010 g/mol. The molecule has 0 aromatic heterocycles. The molecule has 0 aromatic carbocycles. The first-order chi connectivity index (χ1) is 40.5. The van der Waals surface area contributed by atoms with Crippen LogP contribution in [0.25, 0.3) is 0 Å². The van der Waals surface area contributed by atoms with Gasteiger partial charge < -0.3 is 14.2 Å². The Morgan fingerprint density at radius 3 is 0.744 bits per heavy atom. The fourth-order valence-corrected chi connectivity index (χ4v) is 10.4. The number of carbonyl (C=O) groups excluding carboxylic acids is 3. The summed E-state index contributed by atoms with van der Waals surface area (Å²) < 4.78 is 16.9. The van der Waals surface area contributed by atoms with Gasteiger partial charge in [0.15, 0.2) is 6.10 Å². The van der Waals surface area contributed by atoms with Crippen molar-refractivity contribution < 1.29 is 28.6 Å². The van der Waals surface area contributed by atoms with Crippen molar-refractivity contribution in [2.75, 3.05) is 13.2 Å². The molecule has 0 aliphatic heterocycles. The number of ether oxygens (including phenoxy) is 3. The molecule has 82 heavy (non-hydrogen) atoms. The third-order valence-electron chi connectivity index (χ3n) is 15.7. The molecule has 6 nitrogen and oxygen atoms in total. The standard InChI is InChI=1S/C76H134O6/c1-4-7-10-13-16-19-21-23-25-27-29-31-33-35-36-37-38-39-41-42-44-46-48-50-52-54-57-60-63-66-69-75(78)81-72-73(71-80-74(77)68-65-62-59-56-18-15-12-9-6-3)82-76(79)70-67-64-61-58-55-53-51-49-47-45-43-40-34-32-30-28-26-24-22-20-17-14-11-8-5-2/h8,11,17,20,24,26,30,32,40,43,47,49,53,55,73H,4-7,9-10,12-16,18-19,21-23,25,27-29,31,33-39,41-42,44-46,48,50-52,54,56-72H2,1-3H3/b11-8-,20-17-,26-24-,32-30-,43-40-,49-47-,55-53-. The molecule has 0 aromatic rings. The Morgan fingerprint density at radius 1 is 0.256 bits per heavy atom. The topological polar surface area (TPSA) is 78.9 Å². The summed E-state index contributed by atoms with van der Waals surface area (Å²) in [7, 11) is 0. The number of hydrogen-bond donors (Lipinski definition) is 0. The van der Waals surface area contributed by atoms with Gasteiger partial charge in [0.1, 0.15) is 13.2 Å². The number of carbonyl (C=O) groups is 3. The highest BCUT2D eigenvalue weighted by atomic mass is 16.6. The van der Waals surface area contributed by atoms with Gasteiger partial charge in [-0.1, -0.05) is 350 Å². The fourth-order valence-electron chi connectivity index (χ4n) is 10.4. The highest BCUT2D eigenvalue weighted by Crippen LogP contribution is 2.18. The van der Waals surface area contributed by atoms with Gasteiger partial charge in [0, 0.05) is 19.3 Å². The van der Waals surface area contributed by atoms with Gasteiger partial charge in [0.25, 0.3) is 0 Å². The third kappa shape index (κ3) is 67.4. The zero-order valence-electron chi connectivity index (χ0n) is 54.5. The van der Waals surface area contributed by atoms with Crippen LogP contribution in [0.3, 0.4) is 0 Å². The Morgan fingerprint density at radius 2 is 0.476 bits per heavy atom. The molecule has 474 valence electrons. The Balaban J connectivity index is 4.17. The van der Waals surface area contributed by atoms with Crippen molar-refractivity contribution in [3.63, 3.8) is 0 Å². The maximum Gasteiger partial charge on any atom is 0.306 e. The van der Waals surface area contributed by atoms with E-state index in [0.717, 1.165) is 109 Å². The molecule has 0 saturated carbocycles. The minimum absolute atomic E-state index is 0.0863. The van der Waals surface area contributed by atoms with Crippen molar-refractivity contribution in [2.45, 2.75) is 367 Å². The molecule has 1 atom stereocenters. The minimum atomic E-state index is -0.793. The van der Waals surface area contributed by atoms with Crippen LogP contribution in [0.4, 0.5) is 0 Å². The average Bonchev–Trinajstić information content (AvgIpc) is 3.48. The van der Waals surface area contributed by atoms with Crippen LogP contribution in [0.2, 0.25) is 0 Å². The van der Waals surface area contributed by atoms with Gasteiger partial charge in [-0.25, -0.2) is 0 Å². The molecule has 0 bridgehead atoms. The van der Waals surface area contributed by atoms with Crippen LogP contribution >= 0.6 is 0 Å². The quantitative estimate of drug-likeness (QED) is 0.0261. The zero-order chi connectivity index (χ0) is 59.2. The average molecular weight is 1140 g/mol. The number of esters is 3. The SMILES string of the molecule is CC/C=C\C/C=C\C/C=C\C/C=C\C/C=C\C/C=C\C/C=C\CCCCCC(=O)OC(COC(=O)CCCCCCCCCCC)COC(=O)CCCCCCCCCCCCCCCCCCCCCCCCCCCCCCCC. The van der Waals surface area contributed by atoms with Crippen molar-refractivity contribution in [3.05, 3.63) is 85.1 Å². The van der Waals surface area contributed by atoms with E-state index >= 15 is 0 Å². The van der Waals surface area contributed by atoms with Crippen LogP contribution in [-0.4, -0.2) is 37.2 Å². The largest absolute Gasteiger partial charge is 0.462 e. The van der Waals surface area contributed by atoms with Crippen molar-refractivity contribution in [2.24, 2.45) is 0 Å². The van der Waals surface area contributed by atoms with Crippen LogP contribution in [0.1, 0.15) is 361 Å². The molecule has 0 radical (unpaired) electrons. The molecule has 0 N–H and O–H groups in total. The van der Waals surface area contributed by atoms with Crippen molar-refractivity contribution >= 4 is 17.9 Å². The maximum atomic E-state index is 12.9. The van der Waals surface area contributed by atoms with E-state index in [1.807, 2.05) is 0 Å². The lowest BCUT2D eigenvalue weighted by Gasteiger charge is -2.18. The minimum Gasteiger partial charge on any atom is -0.462 e. The number of rotatable bonds is 65. The van der Waals surface area contributed by atoms with E-state index < -0.39 is 6.10 Å². The van der Waals surface area contributed by atoms with Gasteiger partial charge in [0.05, 0.1) is 0 Å². The van der Waals surface area contributed by atoms with Crippen LogP contribution in [-0.2, 0) is 28.6 Å². The Labute approximate surface area is 509 Å². The first-order valence-corrected chi connectivity index (χ1v) is 35.6. The van der Waals surface area contributed by atoms with E-state index in [9.17, 15) is 14.4 Å². The second-order valence-electron chi connectivity index (χ2n) is 23.8. The monoisotopic (exact) mass is 1140 g/mol. The van der Waals surface area contributed by atoms with Gasteiger partial charge >= 0.3 is 17.9 Å². The molecule has 0 aliphatic carbocycles. The van der Waals surface area contributed by atoms with E-state index in [2.05, 4.69) is 106 Å². The Hall–Kier alpha value is -3.41. The summed E-state index contributed by atoms with van der Waals surface area (Å²) in [5, 5.41) is 0. The van der Waals surface area contributed by atoms with E-state index in [1.54, 1.807) is 0 Å². The second kappa shape index (κ2) is 70.1. The molecule has 0 rings (SSSR count). The molecular formula is C76H134O6. The molecule has 0 saturated heterocycles. The highest BCUT2D eigenvalue weighted by Gasteiger charge is 2.19. The highest BCUT2D eigenvalue weighted by molar-refractivity contribution is 5.71. The predicted octanol–water partition coefficient (Wildman–Crippen LogP) is 24.6. The van der Waals surface area contributed by atoms with E-state index in [-0.39, 0.29) is 31.1 Å². The van der Waals surface area contributed by atoms with Gasteiger partial charge in [-0.3, -0.25) is 14.4 Å². The summed E-state index contributed by atoms with van der Waals surface area (Å²) in [6.45, 7) is 6.53. The van der Waals surface area contributed by atoms with Crippen LogP contribution < -0.4 is 0 Å². The summed E-state index contributed by atoms with van der Waals surface area (Å²) >= 11 is 0. The first kappa shape index (κ1) is 78.6. The van der Waals surface area contributed by atoms with Gasteiger partial charge in [-0.2, -0.15) is 0 Å². The Kier molecular flexibility index (Phi) is 67.2. The van der Waals surface area contributed by atoms with E-state index in [1.165, 1.54) is 212 Å². The molecule has 0 fully saturated rings. The molecule has 0 amide bonds. The molecule has 0 heterocycles. The lowest BCUT2D eigenvalue weighted by molar-refractivity contribution is -0.167. The first-order valence-electron chi connectivity index (χ1n) is 35.6. The van der Waals surface area contributed by atoms with Crippen LogP contribution in [0.5, 0.6) is 0 Å². The normalized spacial score (nSPS) is 12.6. The van der Waals surface area contributed by atoms with Gasteiger partial charge in [-0.05, 0) is 77.0 Å². The number of hydrogen-bond acceptors (Lipinski definition) is 6. The maximum absolute atomic E-state index is 12.9. The van der Waals surface area contributed by atoms with E-state index in [0.29, 0.717) is 19.3 Å². The Bertz CT molecular complexity index is 1550. The second-order valence-corrected chi connectivity index (χ2v) is 23.8.